The minimum absolute atomic E-state index is 0.535. The summed E-state index contributed by atoms with van der Waals surface area (Å²) in [6.45, 7) is 0.535. The molecule has 0 fully saturated rings. The highest BCUT2D eigenvalue weighted by Crippen LogP contribution is 2.24. The monoisotopic (exact) mass is 286 g/mol. The third-order valence-electron chi connectivity index (χ3n) is 3.14. The van der Waals surface area contributed by atoms with E-state index >= 15 is 0 Å². The lowest BCUT2D eigenvalue weighted by Crippen LogP contribution is -2.37. The minimum atomic E-state index is 0.535. The van der Waals surface area contributed by atoms with Crippen molar-refractivity contribution >= 4 is 11.3 Å². The van der Waals surface area contributed by atoms with Gasteiger partial charge in [-0.3, -0.25) is 0 Å². The Morgan fingerprint density at radius 3 is 2.65 bits per heavy atom. The molecule has 0 amide bonds. The quantitative estimate of drug-likeness (QED) is 0.546. The first-order valence-corrected chi connectivity index (χ1v) is 7.11. The molecule has 0 saturated heterocycles. The number of rotatable bonds is 4. The number of benzene rings is 1. The molecule has 0 unspecified atom stereocenters. The molecule has 5 heteroatoms. The molecule has 1 aromatic carbocycles. The number of hydrogen-bond donors (Lipinski definition) is 0. The molecule has 3 aromatic rings. The van der Waals surface area contributed by atoms with Crippen molar-refractivity contribution in [2.45, 2.75) is 6.54 Å². The average Bonchev–Trinajstić information content (AvgIpc) is 3.11. The highest BCUT2D eigenvalue weighted by atomic mass is 32.1. The standard InChI is InChI=1S/C15H14N2O2S/c1-19-13-6-4-12(5-7-13)11-16-14(8-9-17(16)18)15-3-2-10-20-15/h2-10H,11H2,1H3. The van der Waals surface area contributed by atoms with Crippen molar-refractivity contribution in [2.24, 2.45) is 0 Å². The fourth-order valence-electron chi connectivity index (χ4n) is 2.10. The highest BCUT2D eigenvalue weighted by Gasteiger charge is 2.13. The van der Waals surface area contributed by atoms with Crippen LogP contribution in [0.2, 0.25) is 0 Å². The van der Waals surface area contributed by atoms with Crippen LogP contribution in [0.3, 0.4) is 0 Å². The SMILES string of the molecule is COc1ccc(Cn2c(-c3cccs3)cc[n+]2[O-])cc1. The second-order valence-corrected chi connectivity index (χ2v) is 5.33. The van der Waals surface area contributed by atoms with Crippen molar-refractivity contribution in [3.05, 3.63) is 64.8 Å². The van der Waals surface area contributed by atoms with Gasteiger partial charge in [0.1, 0.15) is 18.0 Å². The maximum absolute atomic E-state index is 11.9. The lowest BCUT2D eigenvalue weighted by Gasteiger charge is -2.07. The fourth-order valence-corrected chi connectivity index (χ4v) is 2.85. The smallest absolute Gasteiger partial charge is 0.209 e. The van der Waals surface area contributed by atoms with Gasteiger partial charge < -0.3 is 9.94 Å². The second-order valence-electron chi connectivity index (χ2n) is 4.39. The minimum Gasteiger partial charge on any atom is -0.596 e. The Kier molecular flexibility index (Phi) is 3.43. The predicted octanol–water partition coefficient (Wildman–Crippen LogP) is 2.91. The third-order valence-corrected chi connectivity index (χ3v) is 4.03. The van der Waals surface area contributed by atoms with Gasteiger partial charge in [0.2, 0.25) is 6.20 Å². The van der Waals surface area contributed by atoms with Crippen LogP contribution < -0.4 is 9.58 Å². The number of nitrogens with zero attached hydrogens (tertiary/aromatic N) is 2. The summed E-state index contributed by atoms with van der Waals surface area (Å²) in [5.74, 6) is 0.815. The lowest BCUT2D eigenvalue weighted by molar-refractivity contribution is -0.692. The summed E-state index contributed by atoms with van der Waals surface area (Å²) in [4.78, 5) is 1.97. The first-order valence-electron chi connectivity index (χ1n) is 6.24. The topological polar surface area (TPSA) is 41.1 Å². The zero-order valence-electron chi connectivity index (χ0n) is 11.0. The van der Waals surface area contributed by atoms with Gasteiger partial charge in [0.25, 0.3) is 0 Å². The van der Waals surface area contributed by atoms with Crippen molar-refractivity contribution in [1.82, 2.24) is 4.68 Å². The Balaban J connectivity index is 1.92. The summed E-state index contributed by atoms with van der Waals surface area (Å²) in [5, 5.41) is 13.9. The van der Waals surface area contributed by atoms with E-state index in [1.807, 2.05) is 47.8 Å². The number of hydrogen-bond acceptors (Lipinski definition) is 3. The molecule has 0 aliphatic rings. The maximum Gasteiger partial charge on any atom is 0.209 e. The molecule has 102 valence electrons. The number of methoxy groups -OCH3 is 1. The highest BCUT2D eigenvalue weighted by molar-refractivity contribution is 7.13. The second kappa shape index (κ2) is 5.38. The van der Waals surface area contributed by atoms with Crippen molar-refractivity contribution in [3.8, 4) is 16.3 Å². The molecule has 0 N–H and O–H groups in total. The van der Waals surface area contributed by atoms with Gasteiger partial charge in [-0.05, 0) is 29.1 Å². The number of thiophene rings is 1. The predicted molar refractivity (Wildman–Crippen MR) is 78.8 cm³/mol. The van der Waals surface area contributed by atoms with Gasteiger partial charge in [0.15, 0.2) is 0 Å². The zero-order chi connectivity index (χ0) is 13.9. The molecule has 2 aromatic heterocycles. The molecule has 0 aliphatic heterocycles. The molecule has 3 rings (SSSR count). The van der Waals surface area contributed by atoms with Crippen LogP contribution in [0.1, 0.15) is 5.56 Å². The molecule has 0 spiro atoms. The molecule has 0 saturated carbocycles. The summed E-state index contributed by atoms with van der Waals surface area (Å²) >= 11 is 1.63. The molecular formula is C15H14N2O2S. The van der Waals surface area contributed by atoms with Crippen molar-refractivity contribution < 1.29 is 9.58 Å². The fraction of sp³-hybridized carbons (Fsp3) is 0.133. The largest absolute Gasteiger partial charge is 0.596 e. The van der Waals surface area contributed by atoms with E-state index in [1.54, 1.807) is 29.3 Å². The summed E-state index contributed by atoms with van der Waals surface area (Å²) in [6, 6.07) is 13.6. The van der Waals surface area contributed by atoms with Crippen LogP contribution in [0.25, 0.3) is 10.6 Å². The van der Waals surface area contributed by atoms with Crippen LogP contribution >= 0.6 is 11.3 Å². The van der Waals surface area contributed by atoms with Gasteiger partial charge in [-0.2, -0.15) is 0 Å². The van der Waals surface area contributed by atoms with Gasteiger partial charge in [-0.15, -0.1) is 16.0 Å². The molecule has 20 heavy (non-hydrogen) atoms. The summed E-state index contributed by atoms with van der Waals surface area (Å²) in [7, 11) is 1.64. The van der Waals surface area contributed by atoms with Gasteiger partial charge in [0.05, 0.1) is 12.0 Å². The van der Waals surface area contributed by atoms with E-state index in [0.717, 1.165) is 26.7 Å². The maximum atomic E-state index is 11.9. The van der Waals surface area contributed by atoms with Gasteiger partial charge in [-0.1, -0.05) is 23.0 Å². The third kappa shape index (κ3) is 2.40. The Morgan fingerprint density at radius 1 is 1.20 bits per heavy atom. The van der Waals surface area contributed by atoms with Gasteiger partial charge in [0, 0.05) is 6.07 Å². The van der Waals surface area contributed by atoms with Gasteiger partial charge >= 0.3 is 0 Å². The van der Waals surface area contributed by atoms with Crippen molar-refractivity contribution in [2.75, 3.05) is 7.11 Å². The Bertz CT molecular complexity index is 687. The molecule has 0 radical (unpaired) electrons. The summed E-state index contributed by atoms with van der Waals surface area (Å²) < 4.78 is 6.85. The summed E-state index contributed by atoms with van der Waals surface area (Å²) in [5.41, 5.74) is 2.00. The van der Waals surface area contributed by atoms with Crippen LogP contribution in [0, 0.1) is 5.21 Å². The molecule has 0 aliphatic carbocycles. The number of aromatic nitrogens is 2. The Hall–Kier alpha value is -2.27. The van der Waals surface area contributed by atoms with E-state index in [1.165, 1.54) is 0 Å². The lowest BCUT2D eigenvalue weighted by atomic mass is 10.2. The molecule has 0 atom stereocenters. The van der Waals surface area contributed by atoms with Crippen LogP contribution in [0.4, 0.5) is 0 Å². The van der Waals surface area contributed by atoms with E-state index in [2.05, 4.69) is 0 Å². The normalized spacial score (nSPS) is 10.7. The van der Waals surface area contributed by atoms with Crippen LogP contribution in [0.5, 0.6) is 5.75 Å². The molecule has 4 nitrogen and oxygen atoms in total. The summed E-state index contributed by atoms with van der Waals surface area (Å²) in [6.07, 6.45) is 1.54. The van der Waals surface area contributed by atoms with E-state index in [-0.39, 0.29) is 0 Å². The Morgan fingerprint density at radius 2 is 2.00 bits per heavy atom. The van der Waals surface area contributed by atoms with E-state index in [4.69, 9.17) is 4.74 Å². The van der Waals surface area contributed by atoms with E-state index in [9.17, 15) is 5.21 Å². The Labute approximate surface area is 121 Å². The van der Waals surface area contributed by atoms with Crippen molar-refractivity contribution in [3.63, 3.8) is 0 Å². The molecule has 2 heterocycles. The van der Waals surface area contributed by atoms with Crippen molar-refractivity contribution in [1.29, 1.82) is 0 Å². The number of ether oxygens (including phenoxy) is 1. The zero-order valence-corrected chi connectivity index (χ0v) is 11.8. The van der Waals surface area contributed by atoms with Crippen LogP contribution in [-0.4, -0.2) is 11.8 Å². The van der Waals surface area contributed by atoms with Crippen LogP contribution in [-0.2, 0) is 6.54 Å². The van der Waals surface area contributed by atoms with E-state index < -0.39 is 0 Å². The van der Waals surface area contributed by atoms with Crippen LogP contribution in [0.15, 0.2) is 54.0 Å². The van der Waals surface area contributed by atoms with E-state index in [0.29, 0.717) is 6.54 Å². The van der Waals surface area contributed by atoms with Gasteiger partial charge in [-0.25, -0.2) is 0 Å². The average molecular weight is 286 g/mol. The molecule has 0 bridgehead atoms. The molecular weight excluding hydrogens is 272 g/mol. The first kappa shape index (κ1) is 12.7. The first-order chi connectivity index (χ1) is 9.78.